The smallest absolute Gasteiger partial charge is 0.133 e. The fourth-order valence-corrected chi connectivity index (χ4v) is 2.44. The van der Waals surface area contributed by atoms with E-state index in [9.17, 15) is 5.11 Å². The Labute approximate surface area is 106 Å². The summed E-state index contributed by atoms with van der Waals surface area (Å²) in [6.45, 7) is 0. The van der Waals surface area contributed by atoms with Crippen molar-refractivity contribution in [2.45, 2.75) is 18.4 Å². The summed E-state index contributed by atoms with van der Waals surface area (Å²) in [5.41, 5.74) is 0.100. The fourth-order valence-electron chi connectivity index (χ4n) is 2.44. The van der Waals surface area contributed by atoms with E-state index in [0.717, 1.165) is 40.7 Å². The summed E-state index contributed by atoms with van der Waals surface area (Å²) in [6.07, 6.45) is 1.57. The molecule has 0 amide bonds. The van der Waals surface area contributed by atoms with E-state index in [-0.39, 0.29) is 0 Å². The molecule has 1 aliphatic rings. The van der Waals surface area contributed by atoms with Gasteiger partial charge in [-0.15, -0.1) is 0 Å². The van der Waals surface area contributed by atoms with Gasteiger partial charge < -0.3 is 14.6 Å². The number of benzene rings is 2. The van der Waals surface area contributed by atoms with Crippen molar-refractivity contribution in [1.82, 2.24) is 0 Å². The number of ether oxygens (including phenoxy) is 2. The van der Waals surface area contributed by atoms with E-state index >= 15 is 0 Å². The van der Waals surface area contributed by atoms with Crippen LogP contribution in [0.1, 0.15) is 18.4 Å². The quantitative estimate of drug-likeness (QED) is 0.902. The lowest BCUT2D eigenvalue weighted by Crippen LogP contribution is -2.07. The first-order chi connectivity index (χ1) is 8.69. The Morgan fingerprint density at radius 1 is 1.06 bits per heavy atom. The molecule has 0 heterocycles. The molecule has 18 heavy (non-hydrogen) atoms. The first-order valence-electron chi connectivity index (χ1n) is 6.06. The maximum absolute atomic E-state index is 10.4. The molecule has 1 N–H and O–H groups in total. The highest BCUT2D eigenvalue weighted by atomic mass is 16.5. The van der Waals surface area contributed by atoms with Crippen LogP contribution in [-0.4, -0.2) is 19.3 Å². The van der Waals surface area contributed by atoms with Gasteiger partial charge in [-0.3, -0.25) is 0 Å². The highest BCUT2D eigenvalue weighted by molar-refractivity contribution is 5.95. The van der Waals surface area contributed by atoms with Crippen molar-refractivity contribution in [2.75, 3.05) is 14.2 Å². The van der Waals surface area contributed by atoms with Crippen LogP contribution in [0.5, 0.6) is 11.5 Å². The zero-order valence-corrected chi connectivity index (χ0v) is 10.6. The molecule has 3 nitrogen and oxygen atoms in total. The molecule has 0 aliphatic heterocycles. The summed E-state index contributed by atoms with van der Waals surface area (Å²) in [7, 11) is 3.29. The normalized spacial score (nSPS) is 16.6. The standard InChI is InChI=1S/C15H16O3/c1-17-13-9-12(15(16)7-8-15)14(18-2)11-6-4-3-5-10(11)13/h3-6,9,16H,7-8H2,1-2H3. The molecule has 3 heteroatoms. The zero-order valence-electron chi connectivity index (χ0n) is 10.6. The molecule has 94 valence electrons. The molecule has 2 aromatic rings. The summed E-state index contributed by atoms with van der Waals surface area (Å²) in [5, 5.41) is 12.3. The summed E-state index contributed by atoms with van der Waals surface area (Å²) in [6, 6.07) is 9.82. The number of methoxy groups -OCH3 is 2. The SMILES string of the molecule is COc1cc(C2(O)CC2)c(OC)c2ccccc12. The second-order valence-electron chi connectivity index (χ2n) is 4.74. The van der Waals surface area contributed by atoms with Gasteiger partial charge in [0.2, 0.25) is 0 Å². The number of aliphatic hydroxyl groups is 1. The van der Waals surface area contributed by atoms with Gasteiger partial charge in [-0.1, -0.05) is 24.3 Å². The van der Waals surface area contributed by atoms with Crippen molar-refractivity contribution in [3.63, 3.8) is 0 Å². The molecule has 0 spiro atoms. The van der Waals surface area contributed by atoms with Gasteiger partial charge in [-0.05, 0) is 18.9 Å². The van der Waals surface area contributed by atoms with Crippen molar-refractivity contribution >= 4 is 10.8 Å². The third-order valence-electron chi connectivity index (χ3n) is 3.61. The topological polar surface area (TPSA) is 38.7 Å². The highest BCUT2D eigenvalue weighted by Gasteiger charge is 2.45. The summed E-state index contributed by atoms with van der Waals surface area (Å²) >= 11 is 0. The lowest BCUT2D eigenvalue weighted by atomic mass is 9.99. The Bertz CT molecular complexity index is 600. The van der Waals surface area contributed by atoms with Crippen molar-refractivity contribution in [3.8, 4) is 11.5 Å². The molecule has 0 radical (unpaired) electrons. The Morgan fingerprint density at radius 3 is 2.28 bits per heavy atom. The predicted molar refractivity (Wildman–Crippen MR) is 70.2 cm³/mol. The molecule has 0 atom stereocenters. The third-order valence-corrected chi connectivity index (χ3v) is 3.61. The molecule has 0 saturated heterocycles. The lowest BCUT2D eigenvalue weighted by Gasteiger charge is -2.18. The van der Waals surface area contributed by atoms with Crippen LogP contribution in [0.4, 0.5) is 0 Å². The molecule has 0 unspecified atom stereocenters. The molecule has 1 fully saturated rings. The second kappa shape index (κ2) is 3.89. The van der Waals surface area contributed by atoms with E-state index in [2.05, 4.69) is 0 Å². The lowest BCUT2D eigenvalue weighted by molar-refractivity contribution is 0.147. The maximum Gasteiger partial charge on any atom is 0.133 e. The number of rotatable bonds is 3. The molecule has 1 saturated carbocycles. The molecular weight excluding hydrogens is 228 g/mol. The average Bonchev–Trinajstić information content (AvgIpc) is 3.16. The molecule has 1 aliphatic carbocycles. The van der Waals surface area contributed by atoms with Gasteiger partial charge >= 0.3 is 0 Å². The number of hydrogen-bond donors (Lipinski definition) is 1. The van der Waals surface area contributed by atoms with E-state index in [1.165, 1.54) is 0 Å². The summed E-state index contributed by atoms with van der Waals surface area (Å²) in [5.74, 6) is 1.54. The van der Waals surface area contributed by atoms with E-state index in [1.54, 1.807) is 14.2 Å². The van der Waals surface area contributed by atoms with Gasteiger partial charge in [0.25, 0.3) is 0 Å². The van der Waals surface area contributed by atoms with Crippen LogP contribution in [0, 0.1) is 0 Å². The van der Waals surface area contributed by atoms with E-state index < -0.39 is 5.60 Å². The van der Waals surface area contributed by atoms with Crippen molar-refractivity contribution < 1.29 is 14.6 Å². The van der Waals surface area contributed by atoms with Crippen LogP contribution in [-0.2, 0) is 5.60 Å². The highest BCUT2D eigenvalue weighted by Crippen LogP contribution is 2.52. The van der Waals surface area contributed by atoms with Crippen molar-refractivity contribution in [2.24, 2.45) is 0 Å². The first kappa shape index (κ1) is 11.4. The van der Waals surface area contributed by atoms with Gasteiger partial charge in [0.15, 0.2) is 0 Å². The minimum atomic E-state index is -0.733. The van der Waals surface area contributed by atoms with Crippen LogP contribution in [0.25, 0.3) is 10.8 Å². The van der Waals surface area contributed by atoms with Crippen LogP contribution < -0.4 is 9.47 Å². The Hall–Kier alpha value is -1.74. The van der Waals surface area contributed by atoms with E-state index in [1.807, 2.05) is 30.3 Å². The Morgan fingerprint density at radius 2 is 1.72 bits per heavy atom. The monoisotopic (exact) mass is 244 g/mol. The third kappa shape index (κ3) is 1.55. The minimum absolute atomic E-state index is 0.733. The largest absolute Gasteiger partial charge is 0.496 e. The molecule has 2 aromatic carbocycles. The first-order valence-corrected chi connectivity index (χ1v) is 6.06. The second-order valence-corrected chi connectivity index (χ2v) is 4.74. The van der Waals surface area contributed by atoms with Gasteiger partial charge in [-0.2, -0.15) is 0 Å². The Balaban J connectivity index is 2.36. The fraction of sp³-hybridized carbons (Fsp3) is 0.333. The van der Waals surface area contributed by atoms with E-state index in [0.29, 0.717) is 0 Å². The Kier molecular flexibility index (Phi) is 2.45. The van der Waals surface area contributed by atoms with E-state index in [4.69, 9.17) is 9.47 Å². The summed E-state index contributed by atoms with van der Waals surface area (Å²) in [4.78, 5) is 0. The maximum atomic E-state index is 10.4. The van der Waals surface area contributed by atoms with Gasteiger partial charge in [0.1, 0.15) is 11.5 Å². The number of hydrogen-bond acceptors (Lipinski definition) is 3. The average molecular weight is 244 g/mol. The van der Waals surface area contributed by atoms with Gasteiger partial charge in [-0.25, -0.2) is 0 Å². The van der Waals surface area contributed by atoms with Crippen molar-refractivity contribution in [3.05, 3.63) is 35.9 Å². The van der Waals surface area contributed by atoms with Crippen LogP contribution in [0.3, 0.4) is 0 Å². The van der Waals surface area contributed by atoms with Crippen LogP contribution in [0.2, 0.25) is 0 Å². The van der Waals surface area contributed by atoms with Gasteiger partial charge in [0, 0.05) is 16.3 Å². The van der Waals surface area contributed by atoms with Crippen LogP contribution in [0.15, 0.2) is 30.3 Å². The van der Waals surface area contributed by atoms with Gasteiger partial charge in [0.05, 0.1) is 19.8 Å². The minimum Gasteiger partial charge on any atom is -0.496 e. The predicted octanol–water partition coefficient (Wildman–Crippen LogP) is 2.84. The molecule has 0 aromatic heterocycles. The van der Waals surface area contributed by atoms with Crippen LogP contribution >= 0.6 is 0 Å². The molecule has 0 bridgehead atoms. The van der Waals surface area contributed by atoms with Crippen molar-refractivity contribution in [1.29, 1.82) is 0 Å². The molecular formula is C15H16O3. The zero-order chi connectivity index (χ0) is 12.8. The summed E-state index contributed by atoms with van der Waals surface area (Å²) < 4.78 is 10.9. The number of fused-ring (bicyclic) bond motifs is 1. The molecule has 3 rings (SSSR count).